The van der Waals surface area contributed by atoms with E-state index in [1.807, 2.05) is 36.6 Å². The van der Waals surface area contributed by atoms with Crippen molar-refractivity contribution in [1.82, 2.24) is 25.6 Å². The molecule has 1 unspecified atom stereocenters. The van der Waals surface area contributed by atoms with Gasteiger partial charge in [-0.15, -0.1) is 11.3 Å². The van der Waals surface area contributed by atoms with E-state index >= 15 is 0 Å². The van der Waals surface area contributed by atoms with Gasteiger partial charge in [-0.25, -0.2) is 9.97 Å². The number of fused-ring (bicyclic) bond motifs is 1. The molecule has 1 atom stereocenters. The number of aromatic nitrogens is 3. The highest BCUT2D eigenvalue weighted by Crippen LogP contribution is 2.25. The number of hydrogen-bond acceptors (Lipinski definition) is 7. The monoisotopic (exact) mass is 382 g/mol. The Kier molecular flexibility index (Phi) is 5.26. The molecule has 1 amide bonds. The summed E-state index contributed by atoms with van der Waals surface area (Å²) in [5.41, 5.74) is 2.10. The van der Waals surface area contributed by atoms with Gasteiger partial charge in [0.2, 0.25) is 5.95 Å². The summed E-state index contributed by atoms with van der Waals surface area (Å²) in [7, 11) is 0. The first-order chi connectivity index (χ1) is 13.2. The van der Waals surface area contributed by atoms with Crippen molar-refractivity contribution in [1.29, 1.82) is 0 Å². The normalized spacial score (nSPS) is 15.3. The molecular formula is C19H22N6OS. The number of anilines is 1. The minimum Gasteiger partial charge on any atom is -0.351 e. The maximum atomic E-state index is 12.7. The zero-order valence-electron chi connectivity index (χ0n) is 15.1. The molecule has 1 aliphatic rings. The SMILES string of the molecule is CC(Nc1nc(C(=O)NCCC2CNC2)c2sccc2n1)c1ccccn1. The number of nitrogens with zero attached hydrogens (tertiary/aromatic N) is 3. The molecule has 0 radical (unpaired) electrons. The molecule has 27 heavy (non-hydrogen) atoms. The summed E-state index contributed by atoms with van der Waals surface area (Å²) in [4.78, 5) is 26.1. The van der Waals surface area contributed by atoms with E-state index in [4.69, 9.17) is 0 Å². The van der Waals surface area contributed by atoms with Gasteiger partial charge in [-0.3, -0.25) is 9.78 Å². The lowest BCUT2D eigenvalue weighted by atomic mass is 10.00. The fourth-order valence-corrected chi connectivity index (χ4v) is 3.83. The minimum atomic E-state index is -0.148. The van der Waals surface area contributed by atoms with Gasteiger partial charge in [0.1, 0.15) is 0 Å². The number of carbonyl (C=O) groups is 1. The molecule has 3 aromatic heterocycles. The summed E-state index contributed by atoms with van der Waals surface area (Å²) in [5, 5.41) is 11.4. The second-order valence-electron chi connectivity index (χ2n) is 6.72. The molecule has 0 spiro atoms. The average molecular weight is 382 g/mol. The molecule has 0 aromatic carbocycles. The summed E-state index contributed by atoms with van der Waals surface area (Å²) in [6.07, 6.45) is 2.74. The first-order valence-electron chi connectivity index (χ1n) is 9.12. The Balaban J connectivity index is 1.51. The van der Waals surface area contributed by atoms with Gasteiger partial charge in [-0.2, -0.15) is 0 Å². The molecule has 0 saturated carbocycles. The number of nitrogens with one attached hydrogen (secondary N) is 3. The Morgan fingerprint density at radius 1 is 1.33 bits per heavy atom. The third-order valence-electron chi connectivity index (χ3n) is 4.70. The minimum absolute atomic E-state index is 0.0655. The standard InChI is InChI=1S/C19H22N6OS/c1-12(14-4-2-3-7-21-14)23-19-24-15-6-9-27-17(15)16(25-19)18(26)22-8-5-13-10-20-11-13/h2-4,6-7,9,12-13,20H,5,8,10-11H2,1H3,(H,22,26)(H,23,24,25). The Labute approximate surface area is 161 Å². The lowest BCUT2D eigenvalue weighted by molar-refractivity contribution is 0.0947. The van der Waals surface area contributed by atoms with Crippen molar-refractivity contribution in [2.24, 2.45) is 5.92 Å². The lowest BCUT2D eigenvalue weighted by Crippen LogP contribution is -2.43. The first kappa shape index (κ1) is 17.8. The summed E-state index contributed by atoms with van der Waals surface area (Å²) < 4.78 is 0.814. The summed E-state index contributed by atoms with van der Waals surface area (Å²) in [5.74, 6) is 0.951. The Morgan fingerprint density at radius 2 is 2.22 bits per heavy atom. The molecule has 8 heteroatoms. The van der Waals surface area contributed by atoms with Crippen molar-refractivity contribution >= 4 is 33.4 Å². The van der Waals surface area contributed by atoms with Crippen LogP contribution in [0.5, 0.6) is 0 Å². The van der Waals surface area contributed by atoms with E-state index in [0.29, 0.717) is 24.1 Å². The van der Waals surface area contributed by atoms with Crippen LogP contribution in [-0.2, 0) is 0 Å². The Hall–Kier alpha value is -2.58. The fourth-order valence-electron chi connectivity index (χ4n) is 3.01. The third-order valence-corrected chi connectivity index (χ3v) is 5.61. The highest BCUT2D eigenvalue weighted by atomic mass is 32.1. The predicted molar refractivity (Wildman–Crippen MR) is 107 cm³/mol. The third kappa shape index (κ3) is 4.06. The topological polar surface area (TPSA) is 91.8 Å². The van der Waals surface area contributed by atoms with Crippen molar-refractivity contribution in [2.75, 3.05) is 25.0 Å². The molecular weight excluding hydrogens is 360 g/mol. The highest BCUT2D eigenvalue weighted by molar-refractivity contribution is 7.17. The maximum absolute atomic E-state index is 12.7. The van der Waals surface area contributed by atoms with Gasteiger partial charge in [0.05, 0.1) is 22.0 Å². The van der Waals surface area contributed by atoms with Crippen LogP contribution in [0, 0.1) is 5.92 Å². The van der Waals surface area contributed by atoms with E-state index in [9.17, 15) is 4.79 Å². The van der Waals surface area contributed by atoms with Gasteiger partial charge in [0.25, 0.3) is 5.91 Å². The van der Waals surface area contributed by atoms with Crippen molar-refractivity contribution < 1.29 is 4.79 Å². The molecule has 0 aliphatic carbocycles. The van der Waals surface area contributed by atoms with E-state index in [1.54, 1.807) is 6.20 Å². The van der Waals surface area contributed by atoms with Crippen LogP contribution in [0.2, 0.25) is 0 Å². The molecule has 1 saturated heterocycles. The molecule has 7 nitrogen and oxygen atoms in total. The first-order valence-corrected chi connectivity index (χ1v) is 10.0. The highest BCUT2D eigenvalue weighted by Gasteiger charge is 2.19. The number of amides is 1. The van der Waals surface area contributed by atoms with Gasteiger partial charge >= 0.3 is 0 Å². The zero-order valence-corrected chi connectivity index (χ0v) is 15.9. The lowest BCUT2D eigenvalue weighted by Gasteiger charge is -2.26. The van der Waals surface area contributed by atoms with Crippen LogP contribution in [0.3, 0.4) is 0 Å². The van der Waals surface area contributed by atoms with Crippen LogP contribution >= 0.6 is 11.3 Å². The van der Waals surface area contributed by atoms with Gasteiger partial charge in [0, 0.05) is 12.7 Å². The zero-order chi connectivity index (χ0) is 18.6. The Morgan fingerprint density at radius 3 is 2.96 bits per heavy atom. The van der Waals surface area contributed by atoms with Crippen molar-refractivity contribution in [3.05, 3.63) is 47.2 Å². The quantitative estimate of drug-likeness (QED) is 0.582. The van der Waals surface area contributed by atoms with Crippen molar-refractivity contribution in [3.8, 4) is 0 Å². The molecule has 140 valence electrons. The second-order valence-corrected chi connectivity index (χ2v) is 7.64. The average Bonchev–Trinajstić information content (AvgIpc) is 3.12. The van der Waals surface area contributed by atoms with Gasteiger partial charge in [0.15, 0.2) is 5.69 Å². The number of pyridine rings is 1. The van der Waals surface area contributed by atoms with Crippen molar-refractivity contribution in [3.63, 3.8) is 0 Å². The van der Waals surface area contributed by atoms with Crippen LogP contribution in [0.4, 0.5) is 5.95 Å². The van der Waals surface area contributed by atoms with Crippen LogP contribution in [0.15, 0.2) is 35.8 Å². The number of hydrogen-bond donors (Lipinski definition) is 3. The van der Waals surface area contributed by atoms with Crippen LogP contribution in [0.25, 0.3) is 10.2 Å². The van der Waals surface area contributed by atoms with Crippen LogP contribution < -0.4 is 16.0 Å². The molecule has 3 N–H and O–H groups in total. The number of thiophene rings is 1. The van der Waals surface area contributed by atoms with Crippen LogP contribution in [-0.4, -0.2) is 40.5 Å². The fraction of sp³-hybridized carbons (Fsp3) is 0.368. The largest absolute Gasteiger partial charge is 0.351 e. The predicted octanol–water partition coefficient (Wildman–Crippen LogP) is 2.60. The molecule has 1 fully saturated rings. The molecule has 0 bridgehead atoms. The number of rotatable bonds is 7. The van der Waals surface area contributed by atoms with E-state index < -0.39 is 0 Å². The summed E-state index contributed by atoms with van der Waals surface area (Å²) >= 11 is 1.49. The van der Waals surface area contributed by atoms with Gasteiger partial charge in [-0.05, 0) is 55.9 Å². The number of carbonyl (C=O) groups excluding carboxylic acids is 1. The van der Waals surface area contributed by atoms with E-state index in [1.165, 1.54) is 11.3 Å². The molecule has 4 rings (SSSR count). The Bertz CT molecular complexity index is 924. The summed E-state index contributed by atoms with van der Waals surface area (Å²) in [6, 6.07) is 7.62. The van der Waals surface area contributed by atoms with E-state index in [0.717, 1.165) is 35.4 Å². The van der Waals surface area contributed by atoms with Gasteiger partial charge in [-0.1, -0.05) is 6.07 Å². The van der Waals surface area contributed by atoms with E-state index in [2.05, 4.69) is 30.9 Å². The summed E-state index contributed by atoms with van der Waals surface area (Å²) in [6.45, 7) is 4.74. The van der Waals surface area contributed by atoms with Gasteiger partial charge < -0.3 is 16.0 Å². The molecule has 1 aliphatic heterocycles. The smallest absolute Gasteiger partial charge is 0.271 e. The van der Waals surface area contributed by atoms with E-state index in [-0.39, 0.29) is 11.9 Å². The molecule has 3 aromatic rings. The van der Waals surface area contributed by atoms with Crippen molar-refractivity contribution in [2.45, 2.75) is 19.4 Å². The second kappa shape index (κ2) is 7.98. The molecule has 4 heterocycles. The maximum Gasteiger partial charge on any atom is 0.271 e. The van der Waals surface area contributed by atoms with Crippen LogP contribution in [0.1, 0.15) is 35.6 Å².